The van der Waals surface area contributed by atoms with Gasteiger partial charge in [-0.1, -0.05) is 12.1 Å². The van der Waals surface area contributed by atoms with E-state index in [0.29, 0.717) is 5.95 Å². The number of fused-ring (bicyclic) bond motifs is 1. The van der Waals surface area contributed by atoms with E-state index < -0.39 is 0 Å². The zero-order valence-corrected chi connectivity index (χ0v) is 14.5. The van der Waals surface area contributed by atoms with Gasteiger partial charge in [-0.3, -0.25) is 4.79 Å². The molecule has 1 aromatic heterocycles. The van der Waals surface area contributed by atoms with Crippen molar-refractivity contribution >= 4 is 40.0 Å². The van der Waals surface area contributed by atoms with Gasteiger partial charge in [-0.15, -0.1) is 0 Å². The van der Waals surface area contributed by atoms with E-state index in [2.05, 4.69) is 39.8 Å². The Hall–Kier alpha value is -3.15. The Bertz CT molecular complexity index is 890. The summed E-state index contributed by atoms with van der Waals surface area (Å²) >= 11 is 0. The number of aromatic nitrogens is 2. The van der Waals surface area contributed by atoms with Gasteiger partial charge in [0.05, 0.1) is 5.52 Å². The maximum Gasteiger partial charge on any atom is 0.229 e. The molecule has 25 heavy (non-hydrogen) atoms. The minimum atomic E-state index is -0.0945. The van der Waals surface area contributed by atoms with Gasteiger partial charge >= 0.3 is 0 Å². The summed E-state index contributed by atoms with van der Waals surface area (Å²) in [5.41, 5.74) is 2.47. The Kier molecular flexibility index (Phi) is 4.79. The van der Waals surface area contributed by atoms with E-state index in [9.17, 15) is 4.79 Å². The van der Waals surface area contributed by atoms with Gasteiger partial charge in [0.15, 0.2) is 0 Å². The smallest absolute Gasteiger partial charge is 0.229 e. The third-order valence-electron chi connectivity index (χ3n) is 3.49. The number of para-hydroxylation sites is 1. The van der Waals surface area contributed by atoms with Crippen molar-refractivity contribution in [3.63, 3.8) is 0 Å². The SMILES string of the molecule is CC(=O)Nc1ccc(Nc2nc(NC(C)C)c3ccccc3n2)cc1. The first-order valence-corrected chi connectivity index (χ1v) is 8.19. The van der Waals surface area contributed by atoms with Crippen LogP contribution in [-0.2, 0) is 4.79 Å². The molecule has 6 nitrogen and oxygen atoms in total. The van der Waals surface area contributed by atoms with Crippen molar-refractivity contribution in [2.75, 3.05) is 16.0 Å². The molecule has 0 spiro atoms. The van der Waals surface area contributed by atoms with Crippen LogP contribution in [-0.4, -0.2) is 21.9 Å². The molecule has 3 N–H and O–H groups in total. The molecule has 1 amide bonds. The highest BCUT2D eigenvalue weighted by Gasteiger charge is 2.08. The molecule has 0 bridgehead atoms. The third kappa shape index (κ3) is 4.23. The molecule has 0 radical (unpaired) electrons. The van der Waals surface area contributed by atoms with E-state index in [-0.39, 0.29) is 11.9 Å². The van der Waals surface area contributed by atoms with Crippen molar-refractivity contribution in [2.24, 2.45) is 0 Å². The number of rotatable bonds is 5. The summed E-state index contributed by atoms with van der Waals surface area (Å²) in [5.74, 6) is 1.23. The zero-order valence-electron chi connectivity index (χ0n) is 14.5. The Morgan fingerprint density at radius 1 is 0.960 bits per heavy atom. The Morgan fingerprint density at radius 2 is 1.64 bits per heavy atom. The normalized spacial score (nSPS) is 10.7. The Balaban J connectivity index is 1.89. The highest BCUT2D eigenvalue weighted by Crippen LogP contribution is 2.24. The van der Waals surface area contributed by atoms with E-state index in [0.717, 1.165) is 28.1 Å². The molecule has 2 aromatic carbocycles. The highest BCUT2D eigenvalue weighted by atomic mass is 16.1. The number of hydrogen-bond acceptors (Lipinski definition) is 5. The van der Waals surface area contributed by atoms with Gasteiger partial charge in [0.1, 0.15) is 5.82 Å². The lowest BCUT2D eigenvalue weighted by Gasteiger charge is -2.14. The fourth-order valence-corrected chi connectivity index (χ4v) is 2.49. The predicted molar refractivity (Wildman–Crippen MR) is 102 cm³/mol. The van der Waals surface area contributed by atoms with Crippen LogP contribution < -0.4 is 16.0 Å². The van der Waals surface area contributed by atoms with Crippen LogP contribution in [0.25, 0.3) is 10.9 Å². The molecule has 0 unspecified atom stereocenters. The van der Waals surface area contributed by atoms with Crippen LogP contribution in [0, 0.1) is 0 Å². The van der Waals surface area contributed by atoms with Crippen LogP contribution in [0.3, 0.4) is 0 Å². The fourth-order valence-electron chi connectivity index (χ4n) is 2.49. The highest BCUT2D eigenvalue weighted by molar-refractivity contribution is 5.90. The first-order valence-electron chi connectivity index (χ1n) is 8.19. The van der Waals surface area contributed by atoms with Crippen LogP contribution in [0.2, 0.25) is 0 Å². The summed E-state index contributed by atoms with van der Waals surface area (Å²) in [6.07, 6.45) is 0. The molecule has 6 heteroatoms. The van der Waals surface area contributed by atoms with Crippen LogP contribution in [0.5, 0.6) is 0 Å². The minimum absolute atomic E-state index is 0.0945. The second-order valence-electron chi connectivity index (χ2n) is 6.10. The van der Waals surface area contributed by atoms with Crippen LogP contribution in [0.15, 0.2) is 48.5 Å². The maximum absolute atomic E-state index is 11.1. The first-order chi connectivity index (χ1) is 12.0. The maximum atomic E-state index is 11.1. The molecule has 0 aliphatic heterocycles. The summed E-state index contributed by atoms with van der Waals surface area (Å²) in [6.45, 7) is 5.63. The first kappa shape index (κ1) is 16.7. The molecule has 0 aliphatic rings. The van der Waals surface area contributed by atoms with Gasteiger partial charge in [-0.05, 0) is 50.2 Å². The van der Waals surface area contributed by atoms with Gasteiger partial charge in [0.25, 0.3) is 0 Å². The Morgan fingerprint density at radius 3 is 2.32 bits per heavy atom. The molecule has 0 atom stereocenters. The molecule has 0 aliphatic carbocycles. The van der Waals surface area contributed by atoms with Crippen molar-refractivity contribution in [3.8, 4) is 0 Å². The zero-order chi connectivity index (χ0) is 17.8. The van der Waals surface area contributed by atoms with Crippen molar-refractivity contribution in [1.29, 1.82) is 0 Å². The minimum Gasteiger partial charge on any atom is -0.367 e. The summed E-state index contributed by atoms with van der Waals surface area (Å²) in [7, 11) is 0. The lowest BCUT2D eigenvalue weighted by Crippen LogP contribution is -2.12. The second kappa shape index (κ2) is 7.17. The van der Waals surface area contributed by atoms with E-state index in [1.54, 1.807) is 0 Å². The summed E-state index contributed by atoms with van der Waals surface area (Å²) < 4.78 is 0. The lowest BCUT2D eigenvalue weighted by atomic mass is 10.2. The molecular weight excluding hydrogens is 314 g/mol. The monoisotopic (exact) mass is 335 g/mol. The molecule has 1 heterocycles. The van der Waals surface area contributed by atoms with Crippen LogP contribution >= 0.6 is 0 Å². The number of nitrogens with zero attached hydrogens (tertiary/aromatic N) is 2. The predicted octanol–water partition coefficient (Wildman–Crippen LogP) is 4.15. The van der Waals surface area contributed by atoms with Gasteiger partial charge in [-0.25, -0.2) is 4.98 Å². The van der Waals surface area contributed by atoms with E-state index in [1.165, 1.54) is 6.92 Å². The van der Waals surface area contributed by atoms with Crippen molar-refractivity contribution < 1.29 is 4.79 Å². The largest absolute Gasteiger partial charge is 0.367 e. The summed E-state index contributed by atoms with van der Waals surface area (Å²) in [4.78, 5) is 20.3. The van der Waals surface area contributed by atoms with E-state index >= 15 is 0 Å². The van der Waals surface area contributed by atoms with Crippen molar-refractivity contribution in [1.82, 2.24) is 9.97 Å². The quantitative estimate of drug-likeness (QED) is 0.653. The van der Waals surface area contributed by atoms with Crippen LogP contribution in [0.1, 0.15) is 20.8 Å². The molecular formula is C19H21N5O. The summed E-state index contributed by atoms with van der Waals surface area (Å²) in [5, 5.41) is 10.3. The average Bonchev–Trinajstić information content (AvgIpc) is 2.56. The van der Waals surface area contributed by atoms with Crippen molar-refractivity contribution in [3.05, 3.63) is 48.5 Å². The number of hydrogen-bond donors (Lipinski definition) is 3. The number of nitrogens with one attached hydrogen (secondary N) is 3. The number of carbonyl (C=O) groups excluding carboxylic acids is 1. The van der Waals surface area contributed by atoms with Crippen LogP contribution in [0.4, 0.5) is 23.1 Å². The molecule has 3 rings (SSSR count). The second-order valence-corrected chi connectivity index (χ2v) is 6.10. The lowest BCUT2D eigenvalue weighted by molar-refractivity contribution is -0.114. The number of benzene rings is 2. The molecule has 0 fully saturated rings. The van der Waals surface area contributed by atoms with E-state index in [4.69, 9.17) is 0 Å². The third-order valence-corrected chi connectivity index (χ3v) is 3.49. The number of carbonyl (C=O) groups is 1. The summed E-state index contributed by atoms with van der Waals surface area (Å²) in [6, 6.07) is 15.6. The molecule has 3 aromatic rings. The van der Waals surface area contributed by atoms with Gasteiger partial charge in [0, 0.05) is 29.7 Å². The van der Waals surface area contributed by atoms with Crippen molar-refractivity contribution in [2.45, 2.75) is 26.8 Å². The van der Waals surface area contributed by atoms with Gasteiger partial charge < -0.3 is 16.0 Å². The standard InChI is InChI=1S/C19H21N5O/c1-12(2)20-18-16-6-4-5-7-17(16)23-19(24-18)22-15-10-8-14(9-11-15)21-13(3)25/h4-12H,1-3H3,(H,21,25)(H2,20,22,23,24). The molecule has 128 valence electrons. The molecule has 0 saturated carbocycles. The van der Waals surface area contributed by atoms with Gasteiger partial charge in [-0.2, -0.15) is 4.98 Å². The topological polar surface area (TPSA) is 78.9 Å². The molecule has 0 saturated heterocycles. The Labute approximate surface area is 146 Å². The fraction of sp³-hybridized carbons (Fsp3) is 0.211. The number of anilines is 4. The average molecular weight is 335 g/mol. The van der Waals surface area contributed by atoms with E-state index in [1.807, 2.05) is 48.5 Å². The van der Waals surface area contributed by atoms with Gasteiger partial charge in [0.2, 0.25) is 11.9 Å². The number of amides is 1.